The summed E-state index contributed by atoms with van der Waals surface area (Å²) in [5.74, 6) is -0.0995. The van der Waals surface area contributed by atoms with Crippen molar-refractivity contribution in [1.29, 1.82) is 0 Å². The molecule has 0 unspecified atom stereocenters. The van der Waals surface area contributed by atoms with E-state index in [4.69, 9.17) is 16.3 Å². The van der Waals surface area contributed by atoms with Crippen molar-refractivity contribution in [3.8, 4) is 0 Å². The van der Waals surface area contributed by atoms with Gasteiger partial charge in [0, 0.05) is 36.8 Å². The standard InChI is InChI=1S/C13H18BrClN2O2/c1-17(7-8-19-2)6-5-16-13(18)10-3-4-12(15)11(14)9-10/h3-4,9H,5-8H2,1-2H3,(H,16,18). The fourth-order valence-corrected chi connectivity index (χ4v) is 1.95. The fourth-order valence-electron chi connectivity index (χ4n) is 1.46. The van der Waals surface area contributed by atoms with Crippen LogP contribution in [0.15, 0.2) is 22.7 Å². The third-order valence-electron chi connectivity index (χ3n) is 2.64. The summed E-state index contributed by atoms with van der Waals surface area (Å²) >= 11 is 9.18. The average Bonchev–Trinajstić information content (AvgIpc) is 2.39. The molecular formula is C13H18BrClN2O2. The summed E-state index contributed by atoms with van der Waals surface area (Å²) in [4.78, 5) is 14.0. The smallest absolute Gasteiger partial charge is 0.251 e. The first kappa shape index (κ1) is 16.4. The minimum atomic E-state index is -0.0995. The molecule has 0 bridgehead atoms. The molecule has 1 aromatic rings. The summed E-state index contributed by atoms with van der Waals surface area (Å²) in [6.45, 7) is 2.91. The van der Waals surface area contributed by atoms with Gasteiger partial charge in [-0.15, -0.1) is 0 Å². The fraction of sp³-hybridized carbons (Fsp3) is 0.462. The molecule has 1 aromatic carbocycles. The Hall–Kier alpha value is -0.620. The Bertz CT molecular complexity index is 429. The van der Waals surface area contributed by atoms with Crippen LogP contribution in [0.2, 0.25) is 5.02 Å². The first-order valence-corrected chi connectivity index (χ1v) is 7.12. The van der Waals surface area contributed by atoms with Crippen molar-refractivity contribution in [1.82, 2.24) is 10.2 Å². The highest BCUT2D eigenvalue weighted by molar-refractivity contribution is 9.10. The summed E-state index contributed by atoms with van der Waals surface area (Å²) < 4.78 is 5.71. The van der Waals surface area contributed by atoms with Gasteiger partial charge in [0.1, 0.15) is 0 Å². The quantitative estimate of drug-likeness (QED) is 0.822. The molecule has 4 nitrogen and oxygen atoms in total. The number of hydrogen-bond donors (Lipinski definition) is 1. The highest BCUT2D eigenvalue weighted by Crippen LogP contribution is 2.23. The third-order valence-corrected chi connectivity index (χ3v) is 3.85. The second kappa shape index (κ2) is 8.53. The van der Waals surface area contributed by atoms with E-state index in [9.17, 15) is 4.79 Å². The number of nitrogens with one attached hydrogen (secondary N) is 1. The number of hydrogen-bond acceptors (Lipinski definition) is 3. The molecule has 0 radical (unpaired) electrons. The largest absolute Gasteiger partial charge is 0.383 e. The molecular weight excluding hydrogens is 332 g/mol. The Balaban J connectivity index is 2.37. The van der Waals surface area contributed by atoms with E-state index < -0.39 is 0 Å². The molecule has 0 spiro atoms. The minimum absolute atomic E-state index is 0.0995. The number of methoxy groups -OCH3 is 1. The zero-order valence-corrected chi connectivity index (χ0v) is 13.4. The lowest BCUT2D eigenvalue weighted by atomic mass is 10.2. The van der Waals surface area contributed by atoms with Crippen molar-refractivity contribution < 1.29 is 9.53 Å². The topological polar surface area (TPSA) is 41.6 Å². The third kappa shape index (κ3) is 5.91. The van der Waals surface area contributed by atoms with Crippen LogP contribution in [0.25, 0.3) is 0 Å². The summed E-state index contributed by atoms with van der Waals surface area (Å²) in [5.41, 5.74) is 0.593. The van der Waals surface area contributed by atoms with E-state index in [-0.39, 0.29) is 5.91 Å². The molecule has 0 saturated carbocycles. The summed E-state index contributed by atoms with van der Waals surface area (Å²) in [7, 11) is 3.66. The van der Waals surface area contributed by atoms with Crippen molar-refractivity contribution in [3.05, 3.63) is 33.3 Å². The maximum absolute atomic E-state index is 11.9. The van der Waals surface area contributed by atoms with Gasteiger partial charge < -0.3 is 15.0 Å². The first-order chi connectivity index (χ1) is 9.04. The van der Waals surface area contributed by atoms with E-state index in [0.29, 0.717) is 23.7 Å². The molecule has 0 aliphatic heterocycles. The molecule has 0 aliphatic rings. The van der Waals surface area contributed by atoms with E-state index >= 15 is 0 Å². The van der Waals surface area contributed by atoms with E-state index in [0.717, 1.165) is 17.6 Å². The van der Waals surface area contributed by atoms with Gasteiger partial charge in [0.2, 0.25) is 0 Å². The van der Waals surface area contributed by atoms with Crippen LogP contribution in [0, 0.1) is 0 Å². The number of ether oxygens (including phenoxy) is 1. The van der Waals surface area contributed by atoms with Gasteiger partial charge in [-0.05, 0) is 41.2 Å². The molecule has 0 aliphatic carbocycles. The Labute approximate surface area is 127 Å². The second-order valence-corrected chi connectivity index (χ2v) is 5.44. The predicted molar refractivity (Wildman–Crippen MR) is 80.9 cm³/mol. The molecule has 1 rings (SSSR count). The van der Waals surface area contributed by atoms with Gasteiger partial charge in [-0.3, -0.25) is 4.79 Å². The Morgan fingerprint density at radius 3 is 2.84 bits per heavy atom. The monoisotopic (exact) mass is 348 g/mol. The summed E-state index contributed by atoms with van der Waals surface area (Å²) in [5, 5.41) is 3.46. The molecule has 0 saturated heterocycles. The average molecular weight is 350 g/mol. The van der Waals surface area contributed by atoms with Crippen LogP contribution in [-0.4, -0.2) is 51.2 Å². The Kier molecular flexibility index (Phi) is 7.38. The van der Waals surface area contributed by atoms with E-state index in [1.54, 1.807) is 25.3 Å². The number of rotatable bonds is 7. The lowest BCUT2D eigenvalue weighted by Gasteiger charge is -2.16. The number of carbonyl (C=O) groups excluding carboxylic acids is 1. The molecule has 0 fully saturated rings. The van der Waals surface area contributed by atoms with Crippen LogP contribution in [0.5, 0.6) is 0 Å². The van der Waals surface area contributed by atoms with Crippen LogP contribution in [0.1, 0.15) is 10.4 Å². The highest BCUT2D eigenvalue weighted by atomic mass is 79.9. The maximum Gasteiger partial charge on any atom is 0.251 e. The lowest BCUT2D eigenvalue weighted by Crippen LogP contribution is -2.34. The van der Waals surface area contributed by atoms with Gasteiger partial charge in [-0.25, -0.2) is 0 Å². The van der Waals surface area contributed by atoms with Crippen molar-refractivity contribution in [2.24, 2.45) is 0 Å². The summed E-state index contributed by atoms with van der Waals surface area (Å²) in [6, 6.07) is 5.12. The van der Waals surface area contributed by atoms with Crippen molar-refractivity contribution in [3.63, 3.8) is 0 Å². The van der Waals surface area contributed by atoms with Crippen molar-refractivity contribution >= 4 is 33.4 Å². The molecule has 0 aromatic heterocycles. The van der Waals surface area contributed by atoms with Gasteiger partial charge in [0.25, 0.3) is 5.91 Å². The minimum Gasteiger partial charge on any atom is -0.383 e. The highest BCUT2D eigenvalue weighted by Gasteiger charge is 2.07. The zero-order chi connectivity index (χ0) is 14.3. The molecule has 0 heterocycles. The van der Waals surface area contributed by atoms with Crippen molar-refractivity contribution in [2.45, 2.75) is 0 Å². The molecule has 0 atom stereocenters. The Morgan fingerprint density at radius 1 is 1.47 bits per heavy atom. The predicted octanol–water partition coefficient (Wildman–Crippen LogP) is 2.41. The molecule has 106 valence electrons. The molecule has 1 amide bonds. The van der Waals surface area contributed by atoms with E-state index in [1.807, 2.05) is 7.05 Å². The molecule has 1 N–H and O–H groups in total. The van der Waals surface area contributed by atoms with Gasteiger partial charge in [0.15, 0.2) is 0 Å². The van der Waals surface area contributed by atoms with Crippen LogP contribution in [0.3, 0.4) is 0 Å². The Morgan fingerprint density at radius 2 is 2.21 bits per heavy atom. The first-order valence-electron chi connectivity index (χ1n) is 5.95. The van der Waals surface area contributed by atoms with E-state index in [2.05, 4.69) is 26.1 Å². The molecule has 6 heteroatoms. The SMILES string of the molecule is COCCN(C)CCNC(=O)c1ccc(Cl)c(Br)c1. The number of halogens is 2. The number of likely N-dealkylation sites (N-methyl/N-ethyl adjacent to an activating group) is 1. The molecule has 19 heavy (non-hydrogen) atoms. The van der Waals surface area contributed by atoms with Gasteiger partial charge in [-0.1, -0.05) is 11.6 Å². The van der Waals surface area contributed by atoms with Gasteiger partial charge in [0.05, 0.1) is 11.6 Å². The van der Waals surface area contributed by atoms with Crippen LogP contribution < -0.4 is 5.32 Å². The van der Waals surface area contributed by atoms with Crippen LogP contribution in [0.4, 0.5) is 0 Å². The summed E-state index contributed by atoms with van der Waals surface area (Å²) in [6.07, 6.45) is 0. The van der Waals surface area contributed by atoms with Crippen molar-refractivity contribution in [2.75, 3.05) is 40.4 Å². The van der Waals surface area contributed by atoms with E-state index in [1.165, 1.54) is 0 Å². The number of carbonyl (C=O) groups is 1. The number of amides is 1. The second-order valence-electron chi connectivity index (χ2n) is 4.18. The van der Waals surface area contributed by atoms with Gasteiger partial charge >= 0.3 is 0 Å². The maximum atomic E-state index is 11.9. The van der Waals surface area contributed by atoms with Gasteiger partial charge in [-0.2, -0.15) is 0 Å². The number of benzene rings is 1. The normalized spacial score (nSPS) is 10.8. The van der Waals surface area contributed by atoms with Crippen LogP contribution in [-0.2, 0) is 4.74 Å². The van der Waals surface area contributed by atoms with Crippen LogP contribution >= 0.6 is 27.5 Å². The lowest BCUT2D eigenvalue weighted by molar-refractivity contribution is 0.0947. The zero-order valence-electron chi connectivity index (χ0n) is 11.1. The number of nitrogens with zero attached hydrogens (tertiary/aromatic N) is 1.